The number of piperidine rings is 1. The van der Waals surface area contributed by atoms with E-state index in [9.17, 15) is 5.11 Å². The lowest BCUT2D eigenvalue weighted by molar-refractivity contribution is 0.126. The Balaban J connectivity index is 1.30. The Morgan fingerprint density at radius 3 is 2.57 bits per heavy atom. The van der Waals surface area contributed by atoms with E-state index in [-0.39, 0.29) is 6.10 Å². The minimum Gasteiger partial charge on any atom is -0.393 e. The molecule has 5 rings (SSSR count). The molecule has 1 aliphatic heterocycles. The van der Waals surface area contributed by atoms with Crippen molar-refractivity contribution in [3.05, 3.63) is 59.1 Å². The summed E-state index contributed by atoms with van der Waals surface area (Å²) in [5, 5.41) is 21.2. The van der Waals surface area contributed by atoms with Gasteiger partial charge in [-0.2, -0.15) is 4.98 Å². The smallest absolute Gasteiger partial charge is 0.229 e. The third kappa shape index (κ3) is 6.18. The molecule has 2 aliphatic rings. The molecule has 3 aromatic rings. The first-order chi connectivity index (χ1) is 17.0. The van der Waals surface area contributed by atoms with Gasteiger partial charge in [-0.3, -0.25) is 4.90 Å². The van der Waals surface area contributed by atoms with Gasteiger partial charge in [0.1, 0.15) is 11.6 Å². The number of benzene rings is 1. The van der Waals surface area contributed by atoms with Crippen LogP contribution in [0.15, 0.2) is 41.1 Å². The minimum absolute atomic E-state index is 0.172. The Morgan fingerprint density at radius 1 is 1.06 bits per heavy atom. The maximum Gasteiger partial charge on any atom is 0.229 e. The van der Waals surface area contributed by atoms with Crippen molar-refractivity contribution in [1.29, 1.82) is 0 Å². The van der Waals surface area contributed by atoms with E-state index in [0.29, 0.717) is 17.9 Å². The molecule has 0 amide bonds. The summed E-state index contributed by atoms with van der Waals surface area (Å²) in [5.74, 6) is 2.81. The number of hydrogen-bond donors (Lipinski definition) is 3. The minimum atomic E-state index is -0.172. The molecule has 1 aliphatic carbocycles. The molecule has 2 fully saturated rings. The van der Waals surface area contributed by atoms with Crippen LogP contribution in [-0.2, 0) is 6.54 Å². The van der Waals surface area contributed by atoms with Gasteiger partial charge in [-0.05, 0) is 89.1 Å². The van der Waals surface area contributed by atoms with Crippen molar-refractivity contribution < 1.29 is 9.63 Å². The summed E-state index contributed by atoms with van der Waals surface area (Å²) in [6.07, 6.45) is 7.55. The van der Waals surface area contributed by atoms with Crippen molar-refractivity contribution in [3.63, 3.8) is 0 Å². The first-order valence-corrected chi connectivity index (χ1v) is 12.8. The van der Waals surface area contributed by atoms with Crippen LogP contribution in [0.2, 0.25) is 0 Å². The van der Waals surface area contributed by atoms with Crippen LogP contribution in [0.5, 0.6) is 0 Å². The quantitative estimate of drug-likeness (QED) is 0.442. The summed E-state index contributed by atoms with van der Waals surface area (Å²) in [4.78, 5) is 12.1. The molecule has 0 radical (unpaired) electrons. The van der Waals surface area contributed by atoms with Crippen molar-refractivity contribution in [2.24, 2.45) is 0 Å². The zero-order chi connectivity index (χ0) is 24.2. The fourth-order valence-electron chi connectivity index (χ4n) is 5.25. The molecule has 2 aromatic heterocycles. The summed E-state index contributed by atoms with van der Waals surface area (Å²) in [5.41, 5.74) is 4.37. The average Bonchev–Trinajstić information content (AvgIpc) is 3.26. The molecular formula is C27H36N6O2. The van der Waals surface area contributed by atoms with Crippen LogP contribution < -0.4 is 10.6 Å². The molecule has 8 heteroatoms. The lowest BCUT2D eigenvalue weighted by Crippen LogP contribution is -2.33. The lowest BCUT2D eigenvalue weighted by Gasteiger charge is -2.33. The largest absolute Gasteiger partial charge is 0.393 e. The lowest BCUT2D eigenvalue weighted by atomic mass is 9.89. The van der Waals surface area contributed by atoms with Crippen molar-refractivity contribution in [1.82, 2.24) is 20.0 Å². The summed E-state index contributed by atoms with van der Waals surface area (Å²) in [6, 6.07) is 10.6. The van der Waals surface area contributed by atoms with Crippen molar-refractivity contribution in [2.75, 3.05) is 23.7 Å². The van der Waals surface area contributed by atoms with Gasteiger partial charge in [-0.15, -0.1) is 0 Å². The second-order valence-electron chi connectivity index (χ2n) is 10.1. The molecule has 8 nitrogen and oxygen atoms in total. The average molecular weight is 477 g/mol. The summed E-state index contributed by atoms with van der Waals surface area (Å²) in [6.45, 7) is 6.86. The first kappa shape index (κ1) is 23.8. The number of hydrogen-bond acceptors (Lipinski definition) is 8. The molecule has 0 unspecified atom stereocenters. The second kappa shape index (κ2) is 10.7. The highest BCUT2D eigenvalue weighted by atomic mass is 16.5. The number of likely N-dealkylation sites (tertiary alicyclic amines) is 1. The van der Waals surface area contributed by atoms with Crippen LogP contribution in [0.4, 0.5) is 17.5 Å². The molecule has 1 saturated heterocycles. The molecular weight excluding hydrogens is 440 g/mol. The third-order valence-electron chi connectivity index (χ3n) is 7.22. The van der Waals surface area contributed by atoms with Gasteiger partial charge in [0.15, 0.2) is 0 Å². The number of anilines is 3. The number of aryl methyl sites for hydroxylation is 2. The highest BCUT2D eigenvalue weighted by Crippen LogP contribution is 2.34. The standard InChI is InChI=1S/C27H36N6O2/c1-18-4-3-5-22(14-18)30-27-28-16-25(26(31-27)29-21-6-8-24(34)9-7-21)20-10-12-33(13-11-20)17-23-15-19(2)35-32-23/h3-5,14-16,20-21,24,34H,6-13,17H2,1-2H3,(H2,28,29,30,31). The van der Waals surface area contributed by atoms with Gasteiger partial charge in [-0.25, -0.2) is 4.98 Å². The van der Waals surface area contributed by atoms with Gasteiger partial charge in [-0.1, -0.05) is 17.3 Å². The summed E-state index contributed by atoms with van der Waals surface area (Å²) >= 11 is 0. The van der Waals surface area contributed by atoms with E-state index in [0.717, 1.165) is 81.1 Å². The molecule has 3 heterocycles. The Kier molecular flexibility index (Phi) is 7.29. The maximum atomic E-state index is 9.94. The molecule has 186 valence electrons. The topological polar surface area (TPSA) is 99.3 Å². The van der Waals surface area contributed by atoms with Gasteiger partial charge in [0.25, 0.3) is 0 Å². The Hall–Kier alpha value is -2.97. The van der Waals surface area contributed by atoms with Gasteiger partial charge in [0.2, 0.25) is 5.95 Å². The van der Waals surface area contributed by atoms with Crippen LogP contribution in [0.1, 0.15) is 67.0 Å². The van der Waals surface area contributed by atoms with Gasteiger partial charge < -0.3 is 20.3 Å². The normalized spacial score (nSPS) is 21.7. The zero-order valence-corrected chi connectivity index (χ0v) is 20.7. The van der Waals surface area contributed by atoms with Gasteiger partial charge in [0, 0.05) is 36.1 Å². The van der Waals surface area contributed by atoms with Crippen LogP contribution in [0.25, 0.3) is 0 Å². The van der Waals surface area contributed by atoms with E-state index in [1.807, 2.05) is 31.3 Å². The zero-order valence-electron chi connectivity index (χ0n) is 20.7. The predicted molar refractivity (Wildman–Crippen MR) is 137 cm³/mol. The second-order valence-corrected chi connectivity index (χ2v) is 10.1. The van der Waals surface area contributed by atoms with Crippen LogP contribution in [0.3, 0.4) is 0 Å². The van der Waals surface area contributed by atoms with Crippen molar-refractivity contribution in [2.45, 2.75) is 77.0 Å². The number of rotatable bonds is 7. The fourth-order valence-corrected chi connectivity index (χ4v) is 5.25. The van der Waals surface area contributed by atoms with Crippen LogP contribution in [0, 0.1) is 13.8 Å². The molecule has 3 N–H and O–H groups in total. The molecule has 0 bridgehead atoms. The molecule has 1 aromatic carbocycles. The monoisotopic (exact) mass is 476 g/mol. The third-order valence-corrected chi connectivity index (χ3v) is 7.22. The predicted octanol–water partition coefficient (Wildman–Crippen LogP) is 4.92. The highest BCUT2D eigenvalue weighted by Gasteiger charge is 2.27. The fraction of sp³-hybridized carbons (Fsp3) is 0.519. The number of aromatic nitrogens is 3. The van der Waals surface area contributed by atoms with E-state index in [2.05, 4.69) is 39.7 Å². The molecule has 0 spiro atoms. The first-order valence-electron chi connectivity index (χ1n) is 12.8. The maximum absolute atomic E-state index is 9.94. The van der Waals surface area contributed by atoms with E-state index in [1.54, 1.807) is 0 Å². The van der Waals surface area contributed by atoms with E-state index in [4.69, 9.17) is 14.5 Å². The van der Waals surface area contributed by atoms with E-state index >= 15 is 0 Å². The summed E-state index contributed by atoms with van der Waals surface area (Å²) in [7, 11) is 0. The van der Waals surface area contributed by atoms with Crippen LogP contribution in [-0.4, -0.2) is 50.4 Å². The van der Waals surface area contributed by atoms with Crippen molar-refractivity contribution in [3.8, 4) is 0 Å². The Morgan fingerprint density at radius 2 is 1.86 bits per heavy atom. The number of nitrogens with zero attached hydrogens (tertiary/aromatic N) is 4. The van der Waals surface area contributed by atoms with Crippen molar-refractivity contribution >= 4 is 17.5 Å². The Bertz CT molecular complexity index is 1120. The highest BCUT2D eigenvalue weighted by molar-refractivity contribution is 5.57. The van der Waals surface area contributed by atoms with Gasteiger partial charge >= 0.3 is 0 Å². The SMILES string of the molecule is Cc1cccc(Nc2ncc(C3CCN(Cc4cc(C)on4)CC3)c(NC3CCC(O)CC3)n2)c1. The number of nitrogens with one attached hydrogen (secondary N) is 2. The molecule has 35 heavy (non-hydrogen) atoms. The van der Waals surface area contributed by atoms with E-state index in [1.165, 1.54) is 11.1 Å². The van der Waals surface area contributed by atoms with Gasteiger partial charge in [0.05, 0.1) is 11.8 Å². The molecule has 0 atom stereocenters. The molecule has 1 saturated carbocycles. The van der Waals surface area contributed by atoms with E-state index < -0.39 is 0 Å². The summed E-state index contributed by atoms with van der Waals surface area (Å²) < 4.78 is 5.23. The van der Waals surface area contributed by atoms with Crippen LogP contribution >= 0.6 is 0 Å². The number of aliphatic hydroxyl groups is 1. The number of aliphatic hydroxyl groups excluding tert-OH is 1. The Labute approximate surface area is 207 Å².